The zero-order valence-corrected chi connectivity index (χ0v) is 20.7. The van der Waals surface area contributed by atoms with Gasteiger partial charge in [-0.3, -0.25) is 0 Å². The minimum absolute atomic E-state index is 0.110. The third-order valence-electron chi connectivity index (χ3n) is 5.53. The monoisotopic (exact) mass is 428 g/mol. The van der Waals surface area contributed by atoms with E-state index < -0.39 is 6.10 Å². The molecule has 0 spiro atoms. The van der Waals surface area contributed by atoms with Crippen molar-refractivity contribution >= 4 is 0 Å². The van der Waals surface area contributed by atoms with Gasteiger partial charge < -0.3 is 19.1 Å². The second kappa shape index (κ2) is 10.1. The van der Waals surface area contributed by atoms with Gasteiger partial charge in [-0.05, 0) is 59.2 Å². The first kappa shape index (κ1) is 25.2. The number of hydrogen-bond donors (Lipinski definition) is 1. The van der Waals surface area contributed by atoms with Crippen LogP contribution in [0.15, 0.2) is 48.5 Å². The number of hydrogen-bond acceptors (Lipinski definition) is 3. The van der Waals surface area contributed by atoms with Gasteiger partial charge in [-0.15, -0.1) is 0 Å². The van der Waals surface area contributed by atoms with Crippen LogP contribution in [-0.2, 0) is 12.0 Å². The Morgan fingerprint density at radius 1 is 0.871 bits per heavy atom. The van der Waals surface area contributed by atoms with E-state index in [0.29, 0.717) is 11.0 Å². The maximum Gasteiger partial charge on any atom is 0.137 e. The van der Waals surface area contributed by atoms with E-state index in [-0.39, 0.29) is 17.4 Å². The summed E-state index contributed by atoms with van der Waals surface area (Å²) in [7, 11) is 5.92. The summed E-state index contributed by atoms with van der Waals surface area (Å²) >= 11 is 0. The van der Waals surface area contributed by atoms with E-state index in [1.54, 1.807) is 7.11 Å². The summed E-state index contributed by atoms with van der Waals surface area (Å²) in [6.07, 6.45) is 0.574. The molecule has 0 saturated heterocycles. The molecule has 0 aliphatic rings. The Balaban J connectivity index is 1.87. The van der Waals surface area contributed by atoms with Crippen LogP contribution in [0.25, 0.3) is 0 Å². The van der Waals surface area contributed by atoms with Crippen molar-refractivity contribution in [2.45, 2.75) is 59.1 Å². The molecule has 0 radical (unpaired) electrons. The highest BCUT2D eigenvalue weighted by atomic mass is 16.5. The smallest absolute Gasteiger partial charge is 0.137 e. The van der Waals surface area contributed by atoms with Crippen molar-refractivity contribution in [3.05, 3.63) is 59.7 Å². The molecule has 1 atom stereocenters. The summed E-state index contributed by atoms with van der Waals surface area (Å²) < 4.78 is 11.8. The van der Waals surface area contributed by atoms with Gasteiger partial charge in [-0.25, -0.2) is 0 Å². The van der Waals surface area contributed by atoms with Crippen LogP contribution in [0.5, 0.6) is 11.5 Å². The Kier molecular flexibility index (Phi) is 8.18. The van der Waals surface area contributed by atoms with Crippen molar-refractivity contribution in [2.24, 2.45) is 5.41 Å². The van der Waals surface area contributed by atoms with Gasteiger partial charge in [-0.2, -0.15) is 0 Å². The van der Waals surface area contributed by atoms with Gasteiger partial charge in [0.2, 0.25) is 0 Å². The number of rotatable bonds is 10. The van der Waals surface area contributed by atoms with Crippen molar-refractivity contribution in [2.75, 3.05) is 34.4 Å². The third kappa shape index (κ3) is 8.54. The van der Waals surface area contributed by atoms with Crippen molar-refractivity contribution in [1.29, 1.82) is 0 Å². The minimum Gasteiger partial charge on any atom is -0.497 e. The van der Waals surface area contributed by atoms with Crippen LogP contribution in [0.2, 0.25) is 0 Å². The van der Waals surface area contributed by atoms with Crippen LogP contribution in [0.4, 0.5) is 0 Å². The minimum atomic E-state index is -0.537. The Bertz CT molecular complexity index is 802. The summed E-state index contributed by atoms with van der Waals surface area (Å²) in [6.45, 7) is 13.2. The van der Waals surface area contributed by atoms with Crippen LogP contribution < -0.4 is 9.47 Å². The van der Waals surface area contributed by atoms with E-state index in [0.717, 1.165) is 24.5 Å². The summed E-state index contributed by atoms with van der Waals surface area (Å²) in [4.78, 5) is 0. The van der Waals surface area contributed by atoms with Gasteiger partial charge in [0.1, 0.15) is 37.3 Å². The average Bonchev–Trinajstić information content (AvgIpc) is 2.65. The molecule has 172 valence electrons. The molecule has 0 saturated carbocycles. The molecular formula is C27H42NO3+. The van der Waals surface area contributed by atoms with Gasteiger partial charge >= 0.3 is 0 Å². The fourth-order valence-electron chi connectivity index (χ4n) is 4.54. The average molecular weight is 429 g/mol. The molecule has 0 bridgehead atoms. The van der Waals surface area contributed by atoms with Gasteiger partial charge in [0, 0.05) is 5.56 Å². The number of benzene rings is 2. The van der Waals surface area contributed by atoms with E-state index in [9.17, 15) is 5.11 Å². The highest BCUT2D eigenvalue weighted by molar-refractivity contribution is 5.32. The fraction of sp³-hybridized carbons (Fsp3) is 0.556. The Morgan fingerprint density at radius 3 is 1.94 bits per heavy atom. The number of nitrogens with zero attached hydrogens (tertiary/aromatic N) is 1. The number of ether oxygens (including phenoxy) is 2. The van der Waals surface area contributed by atoms with E-state index >= 15 is 0 Å². The van der Waals surface area contributed by atoms with Crippen LogP contribution in [0.1, 0.15) is 52.2 Å². The van der Waals surface area contributed by atoms with Crippen molar-refractivity contribution in [1.82, 2.24) is 0 Å². The van der Waals surface area contributed by atoms with Crippen molar-refractivity contribution in [3.63, 3.8) is 0 Å². The van der Waals surface area contributed by atoms with Crippen LogP contribution in [-0.4, -0.2) is 50.1 Å². The molecule has 0 aromatic heterocycles. The van der Waals surface area contributed by atoms with E-state index in [2.05, 4.69) is 73.0 Å². The number of likely N-dealkylation sites (N-methyl/N-ethyl adjacent to an activating group) is 1. The molecule has 2 aromatic rings. The number of quaternary nitrogens is 1. The molecule has 0 amide bonds. The predicted molar refractivity (Wildman–Crippen MR) is 129 cm³/mol. The summed E-state index contributed by atoms with van der Waals surface area (Å²) in [5.41, 5.74) is 2.92. The normalized spacial score (nSPS) is 13.7. The number of aliphatic hydroxyl groups excluding tert-OH is 1. The first-order valence-electron chi connectivity index (χ1n) is 11.2. The first-order valence-corrected chi connectivity index (χ1v) is 11.2. The second-order valence-electron chi connectivity index (χ2n) is 11.2. The molecule has 31 heavy (non-hydrogen) atoms. The second-order valence-corrected chi connectivity index (χ2v) is 11.2. The topological polar surface area (TPSA) is 38.7 Å². The molecule has 4 heteroatoms. The lowest BCUT2D eigenvalue weighted by Crippen LogP contribution is -2.46. The van der Waals surface area contributed by atoms with Crippen molar-refractivity contribution in [3.8, 4) is 11.5 Å². The largest absolute Gasteiger partial charge is 0.497 e. The molecule has 1 unspecified atom stereocenters. The van der Waals surface area contributed by atoms with E-state index in [1.807, 2.05) is 24.3 Å². The standard InChI is InChI=1S/C27H42NO3/c1-26(2,3)20-27(4,5)22-11-15-25(16-12-22)31-19-23(29)18-28(6,7)17-21-9-13-24(30-8)14-10-21/h9-16,23,29H,17-20H2,1-8H3/q+1. The molecule has 4 nitrogen and oxygen atoms in total. The third-order valence-corrected chi connectivity index (χ3v) is 5.53. The predicted octanol–water partition coefficient (Wildman–Crippen LogP) is 5.43. The van der Waals surface area contributed by atoms with Gasteiger partial charge in [0.25, 0.3) is 0 Å². The maximum absolute atomic E-state index is 10.6. The van der Waals surface area contributed by atoms with Gasteiger partial charge in [0.05, 0.1) is 21.2 Å². The quantitative estimate of drug-likeness (QED) is 0.513. The molecule has 0 fully saturated rings. The zero-order valence-electron chi connectivity index (χ0n) is 20.7. The number of methoxy groups -OCH3 is 1. The van der Waals surface area contributed by atoms with E-state index in [4.69, 9.17) is 9.47 Å². The van der Waals surface area contributed by atoms with Crippen LogP contribution >= 0.6 is 0 Å². The van der Waals surface area contributed by atoms with Crippen LogP contribution in [0.3, 0.4) is 0 Å². The Hall–Kier alpha value is -2.04. The van der Waals surface area contributed by atoms with Crippen molar-refractivity contribution < 1.29 is 19.1 Å². The Morgan fingerprint density at radius 2 is 1.42 bits per heavy atom. The molecule has 2 rings (SSSR count). The first-order chi connectivity index (χ1) is 14.3. The van der Waals surface area contributed by atoms with Crippen LogP contribution in [0, 0.1) is 5.41 Å². The summed E-state index contributed by atoms with van der Waals surface area (Å²) in [6, 6.07) is 16.4. The number of aliphatic hydroxyl groups is 1. The molecule has 2 aromatic carbocycles. The molecule has 1 N–H and O–H groups in total. The van der Waals surface area contributed by atoms with E-state index in [1.165, 1.54) is 11.1 Å². The van der Waals surface area contributed by atoms with Gasteiger partial charge in [0.15, 0.2) is 0 Å². The zero-order chi connectivity index (χ0) is 23.3. The highest BCUT2D eigenvalue weighted by Gasteiger charge is 2.27. The molecule has 0 heterocycles. The lowest BCUT2D eigenvalue weighted by molar-refractivity contribution is -0.906. The lowest BCUT2D eigenvalue weighted by atomic mass is 9.72. The maximum atomic E-state index is 10.6. The Labute approximate surface area is 189 Å². The SMILES string of the molecule is COc1ccc(C[N+](C)(C)CC(O)COc2ccc(C(C)(C)CC(C)(C)C)cc2)cc1. The molecule has 0 aliphatic carbocycles. The lowest BCUT2D eigenvalue weighted by Gasteiger charge is -2.33. The summed E-state index contributed by atoms with van der Waals surface area (Å²) in [5.74, 6) is 1.66. The molecular weight excluding hydrogens is 386 g/mol. The fourth-order valence-corrected chi connectivity index (χ4v) is 4.54. The summed E-state index contributed by atoms with van der Waals surface area (Å²) in [5, 5.41) is 10.6. The van der Waals surface area contributed by atoms with Gasteiger partial charge in [-0.1, -0.05) is 46.8 Å². The molecule has 0 aliphatic heterocycles. The highest BCUT2D eigenvalue weighted by Crippen LogP contribution is 2.36.